The van der Waals surface area contributed by atoms with Crippen LogP contribution in [0.15, 0.2) is 42.5 Å². The van der Waals surface area contributed by atoms with Crippen LogP contribution < -0.4 is 14.8 Å². The van der Waals surface area contributed by atoms with Gasteiger partial charge >= 0.3 is 0 Å². The number of benzene rings is 2. The highest BCUT2D eigenvalue weighted by Crippen LogP contribution is 2.31. The first-order chi connectivity index (χ1) is 16.5. The van der Waals surface area contributed by atoms with E-state index in [2.05, 4.69) is 5.32 Å². The number of ether oxygens (including phenoxy) is 2. The minimum atomic E-state index is -0.145. The van der Waals surface area contributed by atoms with Crippen molar-refractivity contribution >= 4 is 34.9 Å². The first-order valence-electron chi connectivity index (χ1n) is 11.5. The molecule has 0 radical (unpaired) electrons. The molecule has 9 heteroatoms. The van der Waals surface area contributed by atoms with E-state index < -0.39 is 0 Å². The fourth-order valence-electron chi connectivity index (χ4n) is 3.97. The number of hydrogen-bond acceptors (Lipinski definition) is 6. The van der Waals surface area contributed by atoms with Crippen LogP contribution in [-0.2, 0) is 9.59 Å². The van der Waals surface area contributed by atoms with Crippen molar-refractivity contribution in [2.75, 3.05) is 51.3 Å². The minimum absolute atomic E-state index is 0.0529. The Bertz CT molecular complexity index is 1050. The van der Waals surface area contributed by atoms with Gasteiger partial charge in [0.25, 0.3) is 0 Å². The Hall–Kier alpha value is -3.10. The van der Waals surface area contributed by atoms with E-state index in [1.165, 1.54) is 0 Å². The number of fused-ring (bicyclic) bond motifs is 1. The predicted octanol–water partition coefficient (Wildman–Crippen LogP) is 3.25. The monoisotopic (exact) mass is 485 g/mol. The number of rotatable bonds is 7. The maximum Gasteiger partial charge on any atom is 0.238 e. The Morgan fingerprint density at radius 3 is 2.41 bits per heavy atom. The largest absolute Gasteiger partial charge is 0.490 e. The van der Waals surface area contributed by atoms with Gasteiger partial charge in [0.15, 0.2) is 17.3 Å². The first-order valence-corrected chi connectivity index (χ1v) is 11.8. The van der Waals surface area contributed by atoms with Crippen LogP contribution >= 0.6 is 11.6 Å². The smallest absolute Gasteiger partial charge is 0.238 e. The molecular formula is C25H28ClN3O5. The van der Waals surface area contributed by atoms with Crippen LogP contribution in [0.2, 0.25) is 5.02 Å². The van der Waals surface area contributed by atoms with E-state index in [1.807, 2.05) is 11.0 Å². The molecule has 4 rings (SSSR count). The van der Waals surface area contributed by atoms with Gasteiger partial charge in [-0.15, -0.1) is 0 Å². The maximum absolute atomic E-state index is 12.6. The molecule has 2 aromatic rings. The lowest BCUT2D eigenvalue weighted by atomic mass is 10.1. The van der Waals surface area contributed by atoms with E-state index in [0.29, 0.717) is 67.2 Å². The molecule has 2 aromatic carbocycles. The van der Waals surface area contributed by atoms with Crippen LogP contribution in [0.3, 0.4) is 0 Å². The molecule has 34 heavy (non-hydrogen) atoms. The summed E-state index contributed by atoms with van der Waals surface area (Å²) in [5.74, 6) is 0.920. The number of anilines is 1. The van der Waals surface area contributed by atoms with Gasteiger partial charge in [-0.2, -0.15) is 0 Å². The van der Waals surface area contributed by atoms with Crippen molar-refractivity contribution in [3.8, 4) is 11.5 Å². The highest BCUT2D eigenvalue weighted by atomic mass is 35.5. The fraction of sp³-hybridized carbons (Fsp3) is 0.400. The summed E-state index contributed by atoms with van der Waals surface area (Å²) in [6.07, 6.45) is 1.09. The van der Waals surface area contributed by atoms with Crippen molar-refractivity contribution in [1.82, 2.24) is 9.80 Å². The average Bonchev–Trinajstić information content (AvgIpc) is 3.09. The van der Waals surface area contributed by atoms with Gasteiger partial charge in [0.1, 0.15) is 0 Å². The van der Waals surface area contributed by atoms with Crippen molar-refractivity contribution < 1.29 is 23.9 Å². The van der Waals surface area contributed by atoms with Crippen LogP contribution in [0.25, 0.3) is 0 Å². The third-order valence-corrected chi connectivity index (χ3v) is 6.21. The summed E-state index contributed by atoms with van der Waals surface area (Å²) in [7, 11) is 0. The zero-order valence-electron chi connectivity index (χ0n) is 18.9. The van der Waals surface area contributed by atoms with Crippen molar-refractivity contribution in [2.45, 2.75) is 19.3 Å². The van der Waals surface area contributed by atoms with Gasteiger partial charge in [0, 0.05) is 51.0 Å². The van der Waals surface area contributed by atoms with Crippen molar-refractivity contribution in [3.63, 3.8) is 0 Å². The van der Waals surface area contributed by atoms with Crippen molar-refractivity contribution in [1.29, 1.82) is 0 Å². The Morgan fingerprint density at radius 2 is 1.65 bits per heavy atom. The first kappa shape index (κ1) is 24.0. The van der Waals surface area contributed by atoms with Gasteiger partial charge in [0.05, 0.1) is 30.5 Å². The Morgan fingerprint density at radius 1 is 0.912 bits per heavy atom. The topological polar surface area (TPSA) is 88.2 Å². The zero-order chi connectivity index (χ0) is 23.9. The summed E-state index contributed by atoms with van der Waals surface area (Å²) in [5.41, 5.74) is 1.10. The average molecular weight is 486 g/mol. The standard InChI is InChI=1S/C25H28ClN3O5/c26-19-4-1-2-5-20(19)27-24(31)17-28-10-12-29(13-11-28)25(32)9-7-21(30)18-6-8-22-23(16-18)34-15-3-14-33-22/h1-2,4-6,8,16H,3,7,9-15,17H2,(H,27,31). The molecule has 0 spiro atoms. The lowest BCUT2D eigenvalue weighted by Crippen LogP contribution is -2.50. The summed E-state index contributed by atoms with van der Waals surface area (Å²) < 4.78 is 11.2. The van der Waals surface area contributed by atoms with Crippen LogP contribution in [-0.4, -0.2) is 73.3 Å². The molecule has 180 valence electrons. The summed E-state index contributed by atoms with van der Waals surface area (Å²) >= 11 is 6.09. The van der Waals surface area contributed by atoms with E-state index >= 15 is 0 Å². The molecule has 0 atom stereocenters. The predicted molar refractivity (Wildman–Crippen MR) is 129 cm³/mol. The molecule has 2 heterocycles. The molecule has 0 aliphatic carbocycles. The molecule has 0 bridgehead atoms. The third kappa shape index (κ3) is 6.27. The van der Waals surface area contributed by atoms with Gasteiger partial charge in [-0.05, 0) is 30.3 Å². The number of nitrogens with zero attached hydrogens (tertiary/aromatic N) is 2. The van der Waals surface area contributed by atoms with E-state index in [4.69, 9.17) is 21.1 Å². The third-order valence-electron chi connectivity index (χ3n) is 5.88. The van der Waals surface area contributed by atoms with E-state index in [1.54, 1.807) is 41.3 Å². The summed E-state index contributed by atoms with van der Waals surface area (Å²) in [6.45, 7) is 3.61. The number of hydrogen-bond donors (Lipinski definition) is 1. The lowest BCUT2D eigenvalue weighted by molar-refractivity contribution is -0.133. The normalized spacial score (nSPS) is 16.0. The number of Topliss-reactive ketones (excluding diaryl/α,β-unsaturated/α-hetero) is 1. The number of nitrogens with one attached hydrogen (secondary N) is 1. The fourth-order valence-corrected chi connectivity index (χ4v) is 4.15. The molecule has 0 aromatic heterocycles. The molecule has 0 saturated carbocycles. The minimum Gasteiger partial charge on any atom is -0.490 e. The second kappa shape index (κ2) is 11.4. The van der Waals surface area contributed by atoms with E-state index in [-0.39, 0.29) is 37.0 Å². The second-order valence-electron chi connectivity index (χ2n) is 8.32. The van der Waals surface area contributed by atoms with Crippen LogP contribution in [0.4, 0.5) is 5.69 Å². The Labute approximate surface area is 203 Å². The molecule has 1 saturated heterocycles. The molecule has 1 N–H and O–H groups in total. The number of ketones is 1. The highest BCUT2D eigenvalue weighted by Gasteiger charge is 2.23. The van der Waals surface area contributed by atoms with Crippen LogP contribution in [0, 0.1) is 0 Å². The molecule has 8 nitrogen and oxygen atoms in total. The number of carbonyl (C=O) groups is 3. The van der Waals surface area contributed by atoms with E-state index in [9.17, 15) is 14.4 Å². The lowest BCUT2D eigenvalue weighted by Gasteiger charge is -2.34. The second-order valence-corrected chi connectivity index (χ2v) is 8.73. The van der Waals surface area contributed by atoms with Gasteiger partial charge in [0.2, 0.25) is 11.8 Å². The van der Waals surface area contributed by atoms with Crippen LogP contribution in [0.5, 0.6) is 11.5 Å². The summed E-state index contributed by atoms with van der Waals surface area (Å²) in [4.78, 5) is 41.3. The molecular weight excluding hydrogens is 458 g/mol. The zero-order valence-corrected chi connectivity index (χ0v) is 19.7. The van der Waals surface area contributed by atoms with Crippen LogP contribution in [0.1, 0.15) is 29.6 Å². The quantitative estimate of drug-likeness (QED) is 0.606. The SMILES string of the molecule is O=C(CN1CCN(C(=O)CCC(=O)c2ccc3c(c2)OCCCO3)CC1)Nc1ccccc1Cl. The summed E-state index contributed by atoms with van der Waals surface area (Å²) in [6, 6.07) is 12.3. The van der Waals surface area contributed by atoms with E-state index in [0.717, 1.165) is 6.42 Å². The van der Waals surface area contributed by atoms with Gasteiger partial charge in [-0.25, -0.2) is 0 Å². The van der Waals surface area contributed by atoms with Gasteiger partial charge in [-0.1, -0.05) is 23.7 Å². The molecule has 2 amide bonds. The molecule has 2 aliphatic rings. The number of para-hydroxylation sites is 1. The molecule has 2 aliphatic heterocycles. The van der Waals surface area contributed by atoms with Gasteiger partial charge in [-0.3, -0.25) is 19.3 Å². The number of halogens is 1. The van der Waals surface area contributed by atoms with Crippen molar-refractivity contribution in [2.24, 2.45) is 0 Å². The van der Waals surface area contributed by atoms with Gasteiger partial charge < -0.3 is 19.7 Å². The maximum atomic E-state index is 12.6. The Balaban J connectivity index is 1.20. The number of piperazine rings is 1. The van der Waals surface area contributed by atoms with Crippen molar-refractivity contribution in [3.05, 3.63) is 53.1 Å². The molecule has 1 fully saturated rings. The molecule has 0 unspecified atom stereocenters. The number of amides is 2. The highest BCUT2D eigenvalue weighted by molar-refractivity contribution is 6.33. The number of carbonyl (C=O) groups excluding carboxylic acids is 3. The summed E-state index contributed by atoms with van der Waals surface area (Å²) in [5, 5.41) is 3.31. The Kier molecular flexibility index (Phi) is 8.03.